The standard InChI is InChI=1S/C14H11NOS/c15-9-11-3-1-5-13(7-11)17-14-6-2-4-12(8-14)10-16/h1-8,16H,10H2. The molecule has 0 heterocycles. The topological polar surface area (TPSA) is 44.0 Å². The minimum Gasteiger partial charge on any atom is -0.392 e. The molecule has 2 nitrogen and oxygen atoms in total. The number of nitrogens with zero attached hydrogens (tertiary/aromatic N) is 1. The maximum atomic E-state index is 9.06. The summed E-state index contributed by atoms with van der Waals surface area (Å²) in [5.74, 6) is 0. The molecule has 2 rings (SSSR count). The van der Waals surface area contributed by atoms with Gasteiger partial charge in [-0.15, -0.1) is 0 Å². The molecule has 0 atom stereocenters. The van der Waals surface area contributed by atoms with Crippen LogP contribution in [0.5, 0.6) is 0 Å². The predicted octanol–water partition coefficient (Wildman–Crippen LogP) is 3.20. The zero-order valence-electron chi connectivity index (χ0n) is 9.13. The molecule has 0 spiro atoms. The lowest BCUT2D eigenvalue weighted by Gasteiger charge is -2.03. The van der Waals surface area contributed by atoms with Crippen LogP contribution in [0.2, 0.25) is 0 Å². The summed E-state index contributed by atoms with van der Waals surface area (Å²) in [7, 11) is 0. The highest BCUT2D eigenvalue weighted by Crippen LogP contribution is 2.28. The lowest BCUT2D eigenvalue weighted by atomic mass is 10.2. The van der Waals surface area contributed by atoms with Crippen molar-refractivity contribution in [1.29, 1.82) is 5.26 Å². The molecule has 2 aromatic carbocycles. The van der Waals surface area contributed by atoms with Crippen molar-refractivity contribution in [3.63, 3.8) is 0 Å². The van der Waals surface area contributed by atoms with E-state index in [1.165, 1.54) is 0 Å². The zero-order valence-corrected chi connectivity index (χ0v) is 9.95. The highest BCUT2D eigenvalue weighted by molar-refractivity contribution is 7.99. The molecule has 84 valence electrons. The first-order chi connectivity index (χ1) is 8.31. The third-order valence-corrected chi connectivity index (χ3v) is 3.26. The fraction of sp³-hybridized carbons (Fsp3) is 0.0714. The summed E-state index contributed by atoms with van der Waals surface area (Å²) in [5, 5.41) is 17.9. The van der Waals surface area contributed by atoms with Crippen molar-refractivity contribution in [2.45, 2.75) is 16.4 Å². The van der Waals surface area contributed by atoms with Gasteiger partial charge in [-0.2, -0.15) is 5.26 Å². The average Bonchev–Trinajstić information content (AvgIpc) is 2.39. The Kier molecular flexibility index (Phi) is 3.81. The van der Waals surface area contributed by atoms with E-state index in [-0.39, 0.29) is 6.61 Å². The molecule has 0 aliphatic heterocycles. The van der Waals surface area contributed by atoms with Gasteiger partial charge in [0.25, 0.3) is 0 Å². The van der Waals surface area contributed by atoms with Gasteiger partial charge in [-0.25, -0.2) is 0 Å². The summed E-state index contributed by atoms with van der Waals surface area (Å²) in [6.07, 6.45) is 0. The van der Waals surface area contributed by atoms with Gasteiger partial charge in [0.15, 0.2) is 0 Å². The van der Waals surface area contributed by atoms with E-state index in [0.29, 0.717) is 5.56 Å². The molecular weight excluding hydrogens is 230 g/mol. The average molecular weight is 241 g/mol. The number of rotatable bonds is 3. The van der Waals surface area contributed by atoms with Gasteiger partial charge < -0.3 is 5.11 Å². The van der Waals surface area contributed by atoms with Gasteiger partial charge >= 0.3 is 0 Å². The molecule has 0 radical (unpaired) electrons. The molecule has 0 saturated heterocycles. The van der Waals surface area contributed by atoms with Gasteiger partial charge in [0.1, 0.15) is 0 Å². The maximum Gasteiger partial charge on any atom is 0.0992 e. The Morgan fingerprint density at radius 1 is 1.06 bits per heavy atom. The van der Waals surface area contributed by atoms with Crippen molar-refractivity contribution >= 4 is 11.8 Å². The Morgan fingerprint density at radius 2 is 1.76 bits per heavy atom. The van der Waals surface area contributed by atoms with Crippen LogP contribution in [0.4, 0.5) is 0 Å². The van der Waals surface area contributed by atoms with Gasteiger partial charge in [0.05, 0.1) is 18.2 Å². The Morgan fingerprint density at radius 3 is 2.47 bits per heavy atom. The van der Waals surface area contributed by atoms with Gasteiger partial charge in [0, 0.05) is 9.79 Å². The van der Waals surface area contributed by atoms with Crippen molar-refractivity contribution in [2.24, 2.45) is 0 Å². The summed E-state index contributed by atoms with van der Waals surface area (Å²) in [6, 6.07) is 17.3. The van der Waals surface area contributed by atoms with E-state index in [4.69, 9.17) is 10.4 Å². The molecule has 0 aliphatic rings. The maximum absolute atomic E-state index is 9.06. The number of nitriles is 1. The van der Waals surface area contributed by atoms with Crippen LogP contribution < -0.4 is 0 Å². The Balaban J connectivity index is 2.22. The lowest BCUT2D eigenvalue weighted by molar-refractivity contribution is 0.281. The Bertz CT molecular complexity index is 560. The third-order valence-electron chi connectivity index (χ3n) is 2.28. The molecule has 17 heavy (non-hydrogen) atoms. The summed E-state index contributed by atoms with van der Waals surface area (Å²) in [6.45, 7) is 0.0482. The molecule has 0 aliphatic carbocycles. The number of aliphatic hydroxyl groups is 1. The first-order valence-corrected chi connectivity index (χ1v) is 6.01. The van der Waals surface area contributed by atoms with Gasteiger partial charge in [-0.05, 0) is 35.9 Å². The predicted molar refractivity (Wildman–Crippen MR) is 67.6 cm³/mol. The van der Waals surface area contributed by atoms with Crippen molar-refractivity contribution < 1.29 is 5.11 Å². The van der Waals surface area contributed by atoms with Gasteiger partial charge in [-0.1, -0.05) is 30.0 Å². The molecule has 0 unspecified atom stereocenters. The van der Waals surface area contributed by atoms with E-state index in [9.17, 15) is 0 Å². The van der Waals surface area contributed by atoms with E-state index in [1.807, 2.05) is 42.5 Å². The van der Waals surface area contributed by atoms with E-state index in [1.54, 1.807) is 17.8 Å². The Labute approximate surface area is 105 Å². The molecular formula is C14H11NOS. The van der Waals surface area contributed by atoms with Crippen molar-refractivity contribution in [3.05, 3.63) is 59.7 Å². The second-order valence-corrected chi connectivity index (χ2v) is 4.69. The monoisotopic (exact) mass is 241 g/mol. The summed E-state index contributed by atoms with van der Waals surface area (Å²) >= 11 is 1.58. The van der Waals surface area contributed by atoms with Crippen LogP contribution in [0.25, 0.3) is 0 Å². The van der Waals surface area contributed by atoms with E-state index >= 15 is 0 Å². The number of hydrogen-bond donors (Lipinski definition) is 1. The van der Waals surface area contributed by atoms with Crippen LogP contribution in [0.3, 0.4) is 0 Å². The summed E-state index contributed by atoms with van der Waals surface area (Å²) < 4.78 is 0. The normalized spacial score (nSPS) is 9.88. The van der Waals surface area contributed by atoms with Gasteiger partial charge in [0.2, 0.25) is 0 Å². The SMILES string of the molecule is N#Cc1cccc(Sc2cccc(CO)c2)c1. The molecule has 0 amide bonds. The highest BCUT2D eigenvalue weighted by Gasteiger charge is 2.00. The highest BCUT2D eigenvalue weighted by atomic mass is 32.2. The molecule has 0 saturated carbocycles. The molecule has 2 aromatic rings. The first kappa shape index (κ1) is 11.7. The van der Waals surface area contributed by atoms with Crippen LogP contribution in [0.15, 0.2) is 58.3 Å². The van der Waals surface area contributed by atoms with Crippen LogP contribution in [-0.2, 0) is 6.61 Å². The molecule has 0 fully saturated rings. The van der Waals surface area contributed by atoms with E-state index in [0.717, 1.165) is 15.4 Å². The number of benzene rings is 2. The lowest BCUT2D eigenvalue weighted by Crippen LogP contribution is -1.83. The largest absolute Gasteiger partial charge is 0.392 e. The van der Waals surface area contributed by atoms with Crippen molar-refractivity contribution in [2.75, 3.05) is 0 Å². The fourth-order valence-electron chi connectivity index (χ4n) is 1.47. The second-order valence-electron chi connectivity index (χ2n) is 3.55. The first-order valence-electron chi connectivity index (χ1n) is 5.19. The second kappa shape index (κ2) is 5.53. The van der Waals surface area contributed by atoms with Crippen molar-refractivity contribution in [1.82, 2.24) is 0 Å². The fourth-order valence-corrected chi connectivity index (χ4v) is 2.43. The molecule has 0 aromatic heterocycles. The van der Waals surface area contributed by atoms with Crippen LogP contribution in [0, 0.1) is 11.3 Å². The van der Waals surface area contributed by atoms with E-state index < -0.39 is 0 Å². The Hall–Kier alpha value is -1.76. The summed E-state index contributed by atoms with van der Waals surface area (Å²) in [5.41, 5.74) is 1.56. The zero-order chi connectivity index (χ0) is 12.1. The van der Waals surface area contributed by atoms with Crippen molar-refractivity contribution in [3.8, 4) is 6.07 Å². The minimum atomic E-state index is 0.0482. The number of aliphatic hydroxyl groups excluding tert-OH is 1. The smallest absolute Gasteiger partial charge is 0.0992 e. The van der Waals surface area contributed by atoms with Crippen LogP contribution in [-0.4, -0.2) is 5.11 Å². The quantitative estimate of drug-likeness (QED) is 0.897. The van der Waals surface area contributed by atoms with E-state index in [2.05, 4.69) is 6.07 Å². The van der Waals surface area contributed by atoms with Crippen LogP contribution in [0.1, 0.15) is 11.1 Å². The van der Waals surface area contributed by atoms with Gasteiger partial charge in [-0.3, -0.25) is 0 Å². The third kappa shape index (κ3) is 3.10. The molecule has 3 heteroatoms. The van der Waals surface area contributed by atoms with Crippen LogP contribution >= 0.6 is 11.8 Å². The molecule has 1 N–H and O–H groups in total. The number of hydrogen-bond acceptors (Lipinski definition) is 3. The minimum absolute atomic E-state index is 0.0482. The summed E-state index contributed by atoms with van der Waals surface area (Å²) in [4.78, 5) is 2.09. The molecule has 0 bridgehead atoms.